The van der Waals surface area contributed by atoms with E-state index in [0.717, 1.165) is 39.0 Å². The molecule has 1 aliphatic heterocycles. The topological polar surface area (TPSA) is 64.3 Å². The highest BCUT2D eigenvalue weighted by molar-refractivity contribution is 5.75. The molecule has 0 aliphatic carbocycles. The zero-order chi connectivity index (χ0) is 10.4. The highest BCUT2D eigenvalue weighted by atomic mass is 16.5. The Kier molecular flexibility index (Phi) is 4.35. The lowest BCUT2D eigenvalue weighted by Gasteiger charge is -2.32. The molecule has 3 N–H and O–H groups in total. The van der Waals surface area contributed by atoms with Gasteiger partial charge in [-0.15, -0.1) is 0 Å². The molecule has 0 aromatic carbocycles. The van der Waals surface area contributed by atoms with E-state index in [-0.39, 0.29) is 11.4 Å². The molecule has 0 saturated carbocycles. The van der Waals surface area contributed by atoms with Gasteiger partial charge in [-0.1, -0.05) is 6.92 Å². The fraction of sp³-hybridized carbons (Fsp3) is 0.900. The normalized spacial score (nSPS) is 28.4. The van der Waals surface area contributed by atoms with E-state index >= 15 is 0 Å². The van der Waals surface area contributed by atoms with E-state index in [2.05, 4.69) is 12.2 Å². The van der Waals surface area contributed by atoms with Crippen molar-refractivity contribution in [3.8, 4) is 0 Å². The molecule has 0 bridgehead atoms. The standard InChI is InChI=1S/C10H20N2O2/c1-2-12-10(8-9(11)13)4-3-6-14-7-5-10/h12H,2-8H2,1H3,(H2,11,13). The quantitative estimate of drug-likeness (QED) is 0.691. The summed E-state index contributed by atoms with van der Waals surface area (Å²) in [7, 11) is 0. The minimum Gasteiger partial charge on any atom is -0.381 e. The summed E-state index contributed by atoms with van der Waals surface area (Å²) in [6, 6.07) is 0. The first-order chi connectivity index (χ1) is 6.68. The highest BCUT2D eigenvalue weighted by Crippen LogP contribution is 2.24. The van der Waals surface area contributed by atoms with E-state index in [4.69, 9.17) is 10.5 Å². The van der Waals surface area contributed by atoms with E-state index < -0.39 is 0 Å². The van der Waals surface area contributed by atoms with Crippen molar-refractivity contribution in [3.63, 3.8) is 0 Å². The smallest absolute Gasteiger partial charge is 0.219 e. The van der Waals surface area contributed by atoms with Crippen molar-refractivity contribution in [1.29, 1.82) is 0 Å². The lowest BCUT2D eigenvalue weighted by atomic mass is 9.86. The number of nitrogens with one attached hydrogen (secondary N) is 1. The highest BCUT2D eigenvalue weighted by Gasteiger charge is 2.31. The van der Waals surface area contributed by atoms with Crippen LogP contribution < -0.4 is 11.1 Å². The van der Waals surface area contributed by atoms with Gasteiger partial charge >= 0.3 is 0 Å². The second-order valence-corrected chi connectivity index (χ2v) is 3.92. The molecular formula is C10H20N2O2. The number of nitrogens with two attached hydrogens (primary N) is 1. The number of rotatable bonds is 4. The summed E-state index contributed by atoms with van der Waals surface area (Å²) in [5.74, 6) is -0.229. The first-order valence-corrected chi connectivity index (χ1v) is 5.30. The lowest BCUT2D eigenvalue weighted by molar-refractivity contribution is -0.119. The molecule has 1 atom stereocenters. The SMILES string of the molecule is CCNC1(CC(N)=O)CCCOCC1. The molecule has 0 aromatic rings. The Morgan fingerprint density at radius 2 is 2.29 bits per heavy atom. The van der Waals surface area contributed by atoms with Crippen molar-refractivity contribution in [2.24, 2.45) is 5.73 Å². The second-order valence-electron chi connectivity index (χ2n) is 3.92. The van der Waals surface area contributed by atoms with Gasteiger partial charge in [0.25, 0.3) is 0 Å². The van der Waals surface area contributed by atoms with Crippen molar-refractivity contribution >= 4 is 5.91 Å². The van der Waals surface area contributed by atoms with E-state index in [1.165, 1.54) is 0 Å². The molecule has 0 aromatic heterocycles. The molecule has 1 aliphatic rings. The van der Waals surface area contributed by atoms with Gasteiger partial charge in [0, 0.05) is 25.2 Å². The van der Waals surface area contributed by atoms with Crippen LogP contribution in [0.15, 0.2) is 0 Å². The van der Waals surface area contributed by atoms with Crippen LogP contribution in [0.5, 0.6) is 0 Å². The largest absolute Gasteiger partial charge is 0.381 e. The van der Waals surface area contributed by atoms with Crippen LogP contribution in [0.4, 0.5) is 0 Å². The predicted octanol–water partition coefficient (Wildman–Crippen LogP) is 0.411. The molecule has 0 radical (unpaired) electrons. The number of hydrogen-bond acceptors (Lipinski definition) is 3. The van der Waals surface area contributed by atoms with Crippen molar-refractivity contribution in [2.45, 2.75) is 38.1 Å². The molecule has 1 saturated heterocycles. The Morgan fingerprint density at radius 1 is 1.50 bits per heavy atom. The molecule has 0 spiro atoms. The summed E-state index contributed by atoms with van der Waals surface area (Å²) in [5.41, 5.74) is 5.16. The summed E-state index contributed by atoms with van der Waals surface area (Å²) in [6.45, 7) is 4.44. The maximum absolute atomic E-state index is 11.0. The van der Waals surface area contributed by atoms with E-state index in [9.17, 15) is 4.79 Å². The second kappa shape index (κ2) is 5.32. The van der Waals surface area contributed by atoms with Gasteiger partial charge < -0.3 is 15.8 Å². The summed E-state index contributed by atoms with van der Waals surface area (Å²) < 4.78 is 5.39. The summed E-state index contributed by atoms with van der Waals surface area (Å²) in [6.07, 6.45) is 3.28. The average Bonchev–Trinajstić information content (AvgIpc) is 2.30. The van der Waals surface area contributed by atoms with Gasteiger partial charge in [-0.05, 0) is 25.8 Å². The first kappa shape index (κ1) is 11.5. The number of hydrogen-bond donors (Lipinski definition) is 2. The zero-order valence-corrected chi connectivity index (χ0v) is 8.84. The first-order valence-electron chi connectivity index (χ1n) is 5.30. The van der Waals surface area contributed by atoms with Crippen LogP contribution in [-0.2, 0) is 9.53 Å². The number of primary amides is 1. The van der Waals surface area contributed by atoms with Crippen molar-refractivity contribution in [2.75, 3.05) is 19.8 Å². The Balaban J connectivity index is 2.61. The van der Waals surface area contributed by atoms with Crippen molar-refractivity contribution < 1.29 is 9.53 Å². The Labute approximate surface area is 85.2 Å². The van der Waals surface area contributed by atoms with Gasteiger partial charge in [0.15, 0.2) is 0 Å². The van der Waals surface area contributed by atoms with Gasteiger partial charge in [0.1, 0.15) is 0 Å². The molecular weight excluding hydrogens is 180 g/mol. The fourth-order valence-corrected chi connectivity index (χ4v) is 2.13. The van der Waals surface area contributed by atoms with E-state index in [1.54, 1.807) is 0 Å². The minimum atomic E-state index is -0.229. The summed E-state index contributed by atoms with van der Waals surface area (Å²) >= 11 is 0. The molecule has 4 heteroatoms. The van der Waals surface area contributed by atoms with Gasteiger partial charge in [0.05, 0.1) is 0 Å². The van der Waals surface area contributed by atoms with Gasteiger partial charge in [0.2, 0.25) is 5.91 Å². The predicted molar refractivity (Wildman–Crippen MR) is 54.9 cm³/mol. The third-order valence-electron chi connectivity index (χ3n) is 2.73. The fourth-order valence-electron chi connectivity index (χ4n) is 2.13. The Hall–Kier alpha value is -0.610. The van der Waals surface area contributed by atoms with Crippen LogP contribution in [-0.4, -0.2) is 31.2 Å². The Bertz CT molecular complexity index is 187. The van der Waals surface area contributed by atoms with Crippen LogP contribution in [0.3, 0.4) is 0 Å². The summed E-state index contributed by atoms with van der Waals surface area (Å²) in [5, 5.41) is 3.39. The average molecular weight is 200 g/mol. The van der Waals surface area contributed by atoms with Gasteiger partial charge in [-0.25, -0.2) is 0 Å². The van der Waals surface area contributed by atoms with E-state index in [1.807, 2.05) is 0 Å². The minimum absolute atomic E-state index is 0.114. The molecule has 4 nitrogen and oxygen atoms in total. The molecule has 1 rings (SSSR count). The van der Waals surface area contributed by atoms with E-state index in [0.29, 0.717) is 6.42 Å². The maximum atomic E-state index is 11.0. The van der Waals surface area contributed by atoms with Crippen LogP contribution in [0.25, 0.3) is 0 Å². The molecule has 1 amide bonds. The number of carbonyl (C=O) groups is 1. The van der Waals surface area contributed by atoms with Gasteiger partial charge in [-0.2, -0.15) is 0 Å². The molecule has 82 valence electrons. The van der Waals surface area contributed by atoms with Crippen molar-refractivity contribution in [3.05, 3.63) is 0 Å². The number of ether oxygens (including phenoxy) is 1. The molecule has 1 unspecified atom stereocenters. The Morgan fingerprint density at radius 3 is 2.93 bits per heavy atom. The van der Waals surface area contributed by atoms with Gasteiger partial charge in [-0.3, -0.25) is 4.79 Å². The van der Waals surface area contributed by atoms with Crippen LogP contribution in [0.2, 0.25) is 0 Å². The monoisotopic (exact) mass is 200 g/mol. The number of amides is 1. The zero-order valence-electron chi connectivity index (χ0n) is 8.84. The summed E-state index contributed by atoms with van der Waals surface area (Å²) in [4.78, 5) is 11.0. The molecule has 14 heavy (non-hydrogen) atoms. The van der Waals surface area contributed by atoms with Crippen molar-refractivity contribution in [1.82, 2.24) is 5.32 Å². The third-order valence-corrected chi connectivity index (χ3v) is 2.73. The lowest BCUT2D eigenvalue weighted by Crippen LogP contribution is -2.48. The molecule has 1 fully saturated rings. The van der Waals surface area contributed by atoms with Crippen LogP contribution >= 0.6 is 0 Å². The number of carbonyl (C=O) groups excluding carboxylic acids is 1. The van der Waals surface area contributed by atoms with Crippen LogP contribution in [0, 0.1) is 0 Å². The van der Waals surface area contributed by atoms with Crippen LogP contribution in [0.1, 0.15) is 32.6 Å². The maximum Gasteiger partial charge on any atom is 0.219 e. The third kappa shape index (κ3) is 3.27. The molecule has 1 heterocycles.